The van der Waals surface area contributed by atoms with Crippen molar-refractivity contribution in [2.75, 3.05) is 0 Å². The van der Waals surface area contributed by atoms with Crippen LogP contribution in [0.5, 0.6) is 0 Å². The predicted octanol–water partition coefficient (Wildman–Crippen LogP) is 10.1. The average molecular weight is 615 g/mol. The van der Waals surface area contributed by atoms with Gasteiger partial charge in [-0.3, -0.25) is 4.79 Å². The topological polar surface area (TPSA) is 57.5 Å². The van der Waals surface area contributed by atoms with Crippen molar-refractivity contribution in [2.24, 2.45) is 16.2 Å². The zero-order valence-corrected chi connectivity index (χ0v) is 28.4. The van der Waals surface area contributed by atoms with Gasteiger partial charge in [-0.1, -0.05) is 74.5 Å². The van der Waals surface area contributed by atoms with E-state index < -0.39 is 11.2 Å². The summed E-state index contributed by atoms with van der Waals surface area (Å²) in [5.74, 6) is 9.07. The second kappa shape index (κ2) is 16.2. The highest BCUT2D eigenvalue weighted by Gasteiger charge is 2.45. The molecule has 0 aromatic heterocycles. The van der Waals surface area contributed by atoms with E-state index in [0.717, 1.165) is 56.9 Å². The molecule has 2 unspecified atom stereocenters. The summed E-state index contributed by atoms with van der Waals surface area (Å²) in [6.07, 6.45) is 41.2. The number of aliphatic hydroxyl groups is 2. The number of carbonyl (C=O) groups excluding carboxylic acids is 1. The summed E-state index contributed by atoms with van der Waals surface area (Å²) >= 11 is 0. The Balaban J connectivity index is 0.000000155. The maximum absolute atomic E-state index is 12.0. The van der Waals surface area contributed by atoms with Gasteiger partial charge in [0.2, 0.25) is 0 Å². The first-order valence-electron chi connectivity index (χ1n) is 18.5. The van der Waals surface area contributed by atoms with E-state index in [1.165, 1.54) is 103 Å². The number of allylic oxidation sites excluding steroid dienone is 4. The van der Waals surface area contributed by atoms with Gasteiger partial charge in [0.1, 0.15) is 11.2 Å². The minimum Gasteiger partial charge on any atom is -0.378 e. The minimum atomic E-state index is -0.775. The van der Waals surface area contributed by atoms with Crippen LogP contribution in [0.4, 0.5) is 0 Å². The SMILES string of the molecule is C#CC1(O)CCCC2(CCCC2)C1.C=CCC#CC1(O)CCCC2(CCCC2)C1.C=CCCC(=O)C1=CC2(CCCC2)CCC1. The third-order valence-corrected chi connectivity index (χ3v) is 12.2. The lowest BCUT2D eigenvalue weighted by Crippen LogP contribution is -2.39. The predicted molar refractivity (Wildman–Crippen MR) is 187 cm³/mol. The van der Waals surface area contributed by atoms with Crippen LogP contribution in [-0.4, -0.2) is 27.2 Å². The highest BCUT2D eigenvalue weighted by atomic mass is 16.3. The molecule has 248 valence electrons. The van der Waals surface area contributed by atoms with Crippen LogP contribution in [0, 0.1) is 40.4 Å². The van der Waals surface area contributed by atoms with Gasteiger partial charge >= 0.3 is 0 Å². The quantitative estimate of drug-likeness (QED) is 0.239. The lowest BCUT2D eigenvalue weighted by molar-refractivity contribution is -0.115. The Morgan fingerprint density at radius 2 is 1.24 bits per heavy atom. The zero-order chi connectivity index (χ0) is 32.3. The van der Waals surface area contributed by atoms with Gasteiger partial charge in [0.25, 0.3) is 0 Å². The Kier molecular flexibility index (Phi) is 12.8. The molecule has 0 aromatic carbocycles. The standard InChI is InChI=1S/2C15H22O.C12H18O/c1-2-3-8-14(16)13-7-6-11-15(12-13)9-4-5-10-15;1-2-3-4-11-15(16)12-7-10-14(13-15)8-5-6-9-14;1-2-12(13)9-5-8-11(10-12)6-3-4-7-11/h2,12H,1,3-11H2;2,16H,1,3,5-10,12-13H2;1,13H,3-10H2. The number of ketones is 1. The Labute approximate surface area is 275 Å². The highest BCUT2D eigenvalue weighted by Crippen LogP contribution is 2.53. The number of Topliss-reactive ketones (excluding diaryl/α,β-unsaturated/α-hetero) is 1. The Bertz CT molecular complexity index is 1140. The molecule has 6 aliphatic rings. The fourth-order valence-electron chi connectivity index (χ4n) is 9.96. The van der Waals surface area contributed by atoms with Gasteiger partial charge in [-0.05, 0) is 137 Å². The second-order valence-corrected chi connectivity index (χ2v) is 15.8. The smallest absolute Gasteiger partial charge is 0.158 e. The van der Waals surface area contributed by atoms with Crippen molar-refractivity contribution >= 4 is 5.78 Å². The van der Waals surface area contributed by atoms with Gasteiger partial charge < -0.3 is 10.2 Å². The van der Waals surface area contributed by atoms with Crippen molar-refractivity contribution in [3.63, 3.8) is 0 Å². The van der Waals surface area contributed by atoms with Crippen molar-refractivity contribution < 1.29 is 15.0 Å². The van der Waals surface area contributed by atoms with E-state index in [1.54, 1.807) is 6.08 Å². The normalized spacial score (nSPS) is 30.5. The van der Waals surface area contributed by atoms with Gasteiger partial charge in [0.15, 0.2) is 5.78 Å². The molecule has 0 aromatic rings. The fourth-order valence-corrected chi connectivity index (χ4v) is 9.96. The number of rotatable bonds is 5. The minimum absolute atomic E-state index is 0.367. The van der Waals surface area contributed by atoms with E-state index in [2.05, 4.69) is 37.0 Å². The first-order valence-corrected chi connectivity index (χ1v) is 18.5. The number of hydrogen-bond donors (Lipinski definition) is 2. The molecule has 3 spiro atoms. The molecule has 0 radical (unpaired) electrons. The molecule has 45 heavy (non-hydrogen) atoms. The first-order chi connectivity index (χ1) is 21.6. The van der Waals surface area contributed by atoms with E-state index in [4.69, 9.17) is 6.42 Å². The zero-order valence-electron chi connectivity index (χ0n) is 28.4. The molecule has 5 saturated carbocycles. The van der Waals surface area contributed by atoms with Gasteiger partial charge in [0.05, 0.1) is 0 Å². The van der Waals surface area contributed by atoms with Gasteiger partial charge in [-0.2, -0.15) is 0 Å². The molecule has 6 aliphatic carbocycles. The van der Waals surface area contributed by atoms with Crippen molar-refractivity contribution in [3.8, 4) is 24.2 Å². The van der Waals surface area contributed by atoms with Crippen LogP contribution in [0.2, 0.25) is 0 Å². The summed E-state index contributed by atoms with van der Waals surface area (Å²) in [5.41, 5.74) is 0.899. The van der Waals surface area contributed by atoms with Crippen LogP contribution in [0.15, 0.2) is 37.0 Å². The number of carbonyl (C=O) groups is 1. The van der Waals surface area contributed by atoms with Gasteiger partial charge in [0, 0.05) is 12.8 Å². The molecule has 6 rings (SSSR count). The van der Waals surface area contributed by atoms with Crippen LogP contribution in [0.1, 0.15) is 167 Å². The van der Waals surface area contributed by atoms with E-state index in [1.807, 2.05) is 6.08 Å². The molecule has 0 heterocycles. The van der Waals surface area contributed by atoms with Crippen molar-refractivity contribution in [1.29, 1.82) is 0 Å². The molecule has 2 atom stereocenters. The summed E-state index contributed by atoms with van der Waals surface area (Å²) in [6, 6.07) is 0. The van der Waals surface area contributed by atoms with Crippen LogP contribution in [-0.2, 0) is 4.79 Å². The lowest BCUT2D eigenvalue weighted by Gasteiger charge is -2.41. The molecule has 0 aliphatic heterocycles. The highest BCUT2D eigenvalue weighted by molar-refractivity contribution is 5.95. The molecular formula is C42H62O3. The molecule has 3 nitrogen and oxygen atoms in total. The lowest BCUT2D eigenvalue weighted by atomic mass is 9.67. The van der Waals surface area contributed by atoms with Crippen LogP contribution in [0.3, 0.4) is 0 Å². The Hall–Kier alpha value is -2.07. The van der Waals surface area contributed by atoms with E-state index in [0.29, 0.717) is 34.9 Å². The van der Waals surface area contributed by atoms with Crippen molar-refractivity contribution in [3.05, 3.63) is 37.0 Å². The molecule has 0 saturated heterocycles. The van der Waals surface area contributed by atoms with Crippen LogP contribution >= 0.6 is 0 Å². The molecule has 2 N–H and O–H groups in total. The van der Waals surface area contributed by atoms with Gasteiger partial charge in [-0.25, -0.2) is 0 Å². The largest absolute Gasteiger partial charge is 0.378 e. The summed E-state index contributed by atoms with van der Waals surface area (Å²) in [7, 11) is 0. The third kappa shape index (κ3) is 9.96. The number of terminal acetylenes is 1. The molecular weight excluding hydrogens is 552 g/mol. The first kappa shape index (κ1) is 35.8. The van der Waals surface area contributed by atoms with E-state index in [-0.39, 0.29) is 0 Å². The monoisotopic (exact) mass is 614 g/mol. The summed E-state index contributed by atoms with van der Waals surface area (Å²) in [4.78, 5) is 12.0. The van der Waals surface area contributed by atoms with Crippen LogP contribution < -0.4 is 0 Å². The summed E-state index contributed by atoms with van der Waals surface area (Å²) in [6.45, 7) is 7.33. The average Bonchev–Trinajstić information content (AvgIpc) is 3.79. The van der Waals surface area contributed by atoms with Crippen molar-refractivity contribution in [2.45, 2.75) is 178 Å². The fraction of sp³-hybridized carbons (Fsp3) is 0.738. The summed E-state index contributed by atoms with van der Waals surface area (Å²) in [5, 5.41) is 20.6. The van der Waals surface area contributed by atoms with Crippen LogP contribution in [0.25, 0.3) is 0 Å². The van der Waals surface area contributed by atoms with E-state index in [9.17, 15) is 15.0 Å². The maximum Gasteiger partial charge on any atom is 0.158 e. The molecule has 3 heteroatoms. The Morgan fingerprint density at radius 3 is 1.80 bits per heavy atom. The Morgan fingerprint density at radius 1 is 0.733 bits per heavy atom. The number of hydrogen-bond acceptors (Lipinski definition) is 3. The summed E-state index contributed by atoms with van der Waals surface area (Å²) < 4.78 is 0. The van der Waals surface area contributed by atoms with Crippen molar-refractivity contribution in [1.82, 2.24) is 0 Å². The third-order valence-electron chi connectivity index (χ3n) is 12.2. The second-order valence-electron chi connectivity index (χ2n) is 15.8. The molecule has 0 bridgehead atoms. The van der Waals surface area contributed by atoms with Gasteiger partial charge in [-0.15, -0.1) is 19.6 Å². The molecule has 0 amide bonds. The molecule has 5 fully saturated rings. The van der Waals surface area contributed by atoms with E-state index >= 15 is 0 Å². The maximum atomic E-state index is 12.0.